The molecule has 0 aliphatic heterocycles. The fourth-order valence-electron chi connectivity index (χ4n) is 2.59. The second-order valence-corrected chi connectivity index (χ2v) is 6.16. The maximum absolute atomic E-state index is 11.8. The van der Waals surface area contributed by atoms with E-state index in [1.54, 1.807) is 67.8 Å². The molecule has 0 spiro atoms. The average Bonchev–Trinajstić information content (AvgIpc) is 2.71. The monoisotopic (exact) mass is 392 g/mol. The lowest BCUT2D eigenvalue weighted by molar-refractivity contribution is -0.130. The van der Waals surface area contributed by atoms with Crippen molar-refractivity contribution in [1.82, 2.24) is 9.97 Å². The van der Waals surface area contributed by atoms with E-state index >= 15 is 0 Å². The minimum atomic E-state index is -1.10. The number of hydrogen-bond acceptors (Lipinski definition) is 6. The highest BCUT2D eigenvalue weighted by atomic mass is 16.5. The SMILES string of the molecule is CO/C(C)=C(/C(=O)O)c1ccccc1Oc1cccc(Oc2ncc(C)cn2)c1. The van der Waals surface area contributed by atoms with Crippen LogP contribution in [0.4, 0.5) is 0 Å². The molecule has 7 heteroatoms. The number of aliphatic carboxylic acids is 1. The summed E-state index contributed by atoms with van der Waals surface area (Å²) in [6.45, 7) is 3.48. The van der Waals surface area contributed by atoms with E-state index in [0.717, 1.165) is 5.56 Å². The number of nitrogens with zero attached hydrogens (tertiary/aromatic N) is 2. The van der Waals surface area contributed by atoms with Gasteiger partial charge in [0.15, 0.2) is 0 Å². The van der Waals surface area contributed by atoms with Gasteiger partial charge >= 0.3 is 12.0 Å². The number of carbonyl (C=O) groups is 1. The number of benzene rings is 2. The average molecular weight is 392 g/mol. The smallest absolute Gasteiger partial charge is 0.339 e. The summed E-state index contributed by atoms with van der Waals surface area (Å²) in [5, 5.41) is 9.62. The summed E-state index contributed by atoms with van der Waals surface area (Å²) in [5.74, 6) is 0.522. The normalized spacial score (nSPS) is 11.4. The van der Waals surface area contributed by atoms with Crippen molar-refractivity contribution in [2.75, 3.05) is 7.11 Å². The molecule has 0 fully saturated rings. The first-order valence-electron chi connectivity index (χ1n) is 8.80. The van der Waals surface area contributed by atoms with Crippen LogP contribution in [0.2, 0.25) is 0 Å². The number of rotatable bonds is 7. The van der Waals surface area contributed by atoms with Crippen LogP contribution in [0.1, 0.15) is 18.1 Å². The number of methoxy groups -OCH3 is 1. The van der Waals surface area contributed by atoms with Crippen LogP contribution in [0.25, 0.3) is 5.57 Å². The number of hydrogen-bond donors (Lipinski definition) is 1. The van der Waals surface area contributed by atoms with Gasteiger partial charge in [-0.15, -0.1) is 0 Å². The minimum Gasteiger partial charge on any atom is -0.500 e. The lowest BCUT2D eigenvalue weighted by Crippen LogP contribution is -2.05. The lowest BCUT2D eigenvalue weighted by atomic mass is 10.0. The Hall–Kier alpha value is -3.87. The molecule has 1 heterocycles. The molecule has 1 N–H and O–H groups in total. The van der Waals surface area contributed by atoms with E-state index in [0.29, 0.717) is 22.8 Å². The molecule has 0 aliphatic carbocycles. The van der Waals surface area contributed by atoms with Gasteiger partial charge in [0.1, 0.15) is 28.6 Å². The highest BCUT2D eigenvalue weighted by molar-refractivity contribution is 6.16. The Morgan fingerprint density at radius 3 is 2.28 bits per heavy atom. The third-order valence-corrected chi connectivity index (χ3v) is 4.03. The van der Waals surface area contributed by atoms with Crippen LogP contribution in [0.15, 0.2) is 66.7 Å². The van der Waals surface area contributed by atoms with E-state index < -0.39 is 5.97 Å². The van der Waals surface area contributed by atoms with Gasteiger partial charge in [0.05, 0.1) is 7.11 Å². The molecule has 0 unspecified atom stereocenters. The number of aromatic nitrogens is 2. The summed E-state index contributed by atoms with van der Waals surface area (Å²) in [5.41, 5.74) is 1.37. The second kappa shape index (κ2) is 8.88. The number of allylic oxidation sites excluding steroid dienone is 1. The molecule has 0 saturated carbocycles. The number of carboxylic acids is 1. The third kappa shape index (κ3) is 4.90. The van der Waals surface area contributed by atoms with Gasteiger partial charge < -0.3 is 19.3 Å². The van der Waals surface area contributed by atoms with Crippen LogP contribution in [-0.2, 0) is 9.53 Å². The molecule has 29 heavy (non-hydrogen) atoms. The molecular weight excluding hydrogens is 372 g/mol. The lowest BCUT2D eigenvalue weighted by Gasteiger charge is -2.14. The van der Waals surface area contributed by atoms with Crippen LogP contribution < -0.4 is 9.47 Å². The topological polar surface area (TPSA) is 90.8 Å². The Morgan fingerprint density at radius 1 is 0.966 bits per heavy atom. The molecule has 0 aliphatic rings. The predicted molar refractivity (Wildman–Crippen MR) is 107 cm³/mol. The molecule has 3 rings (SSSR count). The van der Waals surface area contributed by atoms with E-state index in [9.17, 15) is 9.90 Å². The van der Waals surface area contributed by atoms with E-state index in [4.69, 9.17) is 14.2 Å². The Bertz CT molecular complexity index is 1050. The Morgan fingerprint density at radius 2 is 1.62 bits per heavy atom. The summed E-state index contributed by atoms with van der Waals surface area (Å²) >= 11 is 0. The van der Waals surface area contributed by atoms with Crippen LogP contribution in [0, 0.1) is 6.92 Å². The Balaban J connectivity index is 1.89. The van der Waals surface area contributed by atoms with E-state index in [1.165, 1.54) is 7.11 Å². The van der Waals surface area contributed by atoms with Crippen LogP contribution >= 0.6 is 0 Å². The first-order chi connectivity index (χ1) is 14.0. The minimum absolute atomic E-state index is 0.0311. The van der Waals surface area contributed by atoms with Crippen molar-refractivity contribution in [3.63, 3.8) is 0 Å². The van der Waals surface area contributed by atoms with E-state index in [2.05, 4.69) is 9.97 Å². The van der Waals surface area contributed by atoms with Gasteiger partial charge in [0.25, 0.3) is 0 Å². The molecule has 0 atom stereocenters. The van der Waals surface area contributed by atoms with Gasteiger partial charge in [-0.3, -0.25) is 0 Å². The van der Waals surface area contributed by atoms with E-state index in [1.807, 2.05) is 6.92 Å². The molecule has 2 aromatic carbocycles. The molecule has 7 nitrogen and oxygen atoms in total. The largest absolute Gasteiger partial charge is 0.500 e. The number of para-hydroxylation sites is 1. The van der Waals surface area contributed by atoms with Gasteiger partial charge in [-0.05, 0) is 37.6 Å². The zero-order valence-electron chi connectivity index (χ0n) is 16.2. The highest BCUT2D eigenvalue weighted by Crippen LogP contribution is 2.33. The van der Waals surface area contributed by atoms with Crippen LogP contribution in [-0.4, -0.2) is 28.2 Å². The fourth-order valence-corrected chi connectivity index (χ4v) is 2.59. The molecule has 0 saturated heterocycles. The Labute approximate surface area is 168 Å². The van der Waals surface area contributed by atoms with Gasteiger partial charge in [0, 0.05) is 24.0 Å². The molecular formula is C22H20N2O5. The first-order valence-corrected chi connectivity index (χ1v) is 8.80. The highest BCUT2D eigenvalue weighted by Gasteiger charge is 2.19. The molecule has 0 bridgehead atoms. The summed E-state index contributed by atoms with van der Waals surface area (Å²) in [7, 11) is 1.43. The Kier molecular flexibility index (Phi) is 6.09. The first kappa shape index (κ1) is 19.9. The molecule has 0 amide bonds. The molecule has 148 valence electrons. The predicted octanol–water partition coefficient (Wildman–Crippen LogP) is 4.83. The van der Waals surface area contributed by atoms with Crippen molar-refractivity contribution >= 4 is 11.5 Å². The van der Waals surface area contributed by atoms with Crippen molar-refractivity contribution in [2.24, 2.45) is 0 Å². The second-order valence-electron chi connectivity index (χ2n) is 6.16. The third-order valence-electron chi connectivity index (χ3n) is 4.03. The zero-order valence-corrected chi connectivity index (χ0v) is 16.2. The summed E-state index contributed by atoms with van der Waals surface area (Å²) < 4.78 is 16.8. The van der Waals surface area contributed by atoms with Gasteiger partial charge in [-0.25, -0.2) is 14.8 Å². The van der Waals surface area contributed by atoms with Gasteiger partial charge in [-0.2, -0.15) is 0 Å². The number of carboxylic acid groups (broad SMARTS) is 1. The van der Waals surface area contributed by atoms with E-state index in [-0.39, 0.29) is 17.3 Å². The molecule has 0 radical (unpaired) electrons. The maximum Gasteiger partial charge on any atom is 0.339 e. The van der Waals surface area contributed by atoms with Crippen molar-refractivity contribution < 1.29 is 24.1 Å². The van der Waals surface area contributed by atoms with Crippen molar-refractivity contribution in [1.29, 1.82) is 0 Å². The van der Waals surface area contributed by atoms with Crippen molar-refractivity contribution in [3.05, 3.63) is 77.8 Å². The summed E-state index contributed by atoms with van der Waals surface area (Å²) in [6, 6.07) is 14.0. The van der Waals surface area contributed by atoms with Crippen molar-refractivity contribution in [3.8, 4) is 23.3 Å². The fraction of sp³-hybridized carbons (Fsp3) is 0.136. The van der Waals surface area contributed by atoms with Gasteiger partial charge in [-0.1, -0.05) is 24.3 Å². The quantitative estimate of drug-likeness (QED) is 0.455. The zero-order chi connectivity index (χ0) is 20.8. The van der Waals surface area contributed by atoms with Gasteiger partial charge in [0.2, 0.25) is 0 Å². The standard InChI is InChI=1S/C22H20N2O5/c1-14-12-23-22(24-13-14)29-17-8-6-7-16(11-17)28-19-10-5-4-9-18(19)20(21(25)26)15(2)27-3/h4-13H,1-3H3,(H,25,26)/b20-15+. The van der Waals surface area contributed by atoms with Crippen LogP contribution in [0.5, 0.6) is 23.3 Å². The number of ether oxygens (including phenoxy) is 3. The van der Waals surface area contributed by atoms with Crippen molar-refractivity contribution in [2.45, 2.75) is 13.8 Å². The molecule has 1 aromatic heterocycles. The number of aryl methyl sites for hydroxylation is 1. The summed E-state index contributed by atoms with van der Waals surface area (Å²) in [6.07, 6.45) is 3.33. The van der Waals surface area contributed by atoms with Crippen LogP contribution in [0.3, 0.4) is 0 Å². The summed E-state index contributed by atoms with van der Waals surface area (Å²) in [4.78, 5) is 20.0. The molecule has 3 aromatic rings. The maximum atomic E-state index is 11.8.